The summed E-state index contributed by atoms with van der Waals surface area (Å²) in [5, 5.41) is 3.57. The van der Waals surface area contributed by atoms with Crippen LogP contribution in [0.4, 0.5) is 5.69 Å². The maximum absolute atomic E-state index is 11.5. The van der Waals surface area contributed by atoms with Gasteiger partial charge in [0.2, 0.25) is 0 Å². The van der Waals surface area contributed by atoms with Crippen molar-refractivity contribution >= 4 is 17.3 Å². The molecule has 2 aromatic heterocycles. The van der Waals surface area contributed by atoms with Crippen LogP contribution in [-0.4, -0.2) is 4.57 Å². The zero-order valence-corrected chi connectivity index (χ0v) is 10.9. The molecular formula is C13H15ClN2O2. The number of pyridine rings is 1. The number of nitrogens with zero attached hydrogens (tertiary/aromatic N) is 1. The highest BCUT2D eigenvalue weighted by Gasteiger charge is 2.01. The van der Waals surface area contributed by atoms with E-state index in [1.807, 2.05) is 19.2 Å². The van der Waals surface area contributed by atoms with Gasteiger partial charge in [-0.05, 0) is 36.2 Å². The van der Waals surface area contributed by atoms with Crippen molar-refractivity contribution in [3.8, 4) is 0 Å². The zero-order chi connectivity index (χ0) is 13.0. The molecule has 96 valence electrons. The van der Waals surface area contributed by atoms with Crippen LogP contribution in [0, 0.1) is 0 Å². The largest absolute Gasteiger partial charge is 0.448 e. The Morgan fingerprint density at radius 2 is 2.17 bits per heavy atom. The van der Waals surface area contributed by atoms with E-state index in [0.29, 0.717) is 11.8 Å². The molecular weight excluding hydrogens is 252 g/mol. The van der Waals surface area contributed by atoms with E-state index in [-0.39, 0.29) is 5.56 Å². The van der Waals surface area contributed by atoms with E-state index < -0.39 is 0 Å². The normalized spacial score (nSPS) is 10.6. The summed E-state index contributed by atoms with van der Waals surface area (Å²) in [6.07, 6.45) is 2.74. The second kappa shape index (κ2) is 5.78. The van der Waals surface area contributed by atoms with Crippen molar-refractivity contribution in [3.05, 3.63) is 51.8 Å². The first-order chi connectivity index (χ1) is 8.69. The number of furan rings is 1. The molecule has 0 saturated carbocycles. The van der Waals surface area contributed by atoms with Crippen LogP contribution >= 0.6 is 11.6 Å². The number of aromatic nitrogens is 1. The monoisotopic (exact) mass is 266 g/mol. The fourth-order valence-corrected chi connectivity index (χ4v) is 1.85. The number of hydrogen-bond acceptors (Lipinski definition) is 3. The van der Waals surface area contributed by atoms with Crippen LogP contribution in [0.3, 0.4) is 0 Å². The second-order valence-corrected chi connectivity index (χ2v) is 4.38. The maximum atomic E-state index is 11.5. The van der Waals surface area contributed by atoms with E-state index in [0.717, 1.165) is 24.4 Å². The van der Waals surface area contributed by atoms with Crippen molar-refractivity contribution in [2.75, 3.05) is 5.32 Å². The molecule has 0 radical (unpaired) electrons. The van der Waals surface area contributed by atoms with Gasteiger partial charge in [0.1, 0.15) is 5.76 Å². The Kier molecular flexibility index (Phi) is 4.10. The predicted molar refractivity (Wildman–Crippen MR) is 72.0 cm³/mol. The number of anilines is 1. The maximum Gasteiger partial charge on any atom is 0.250 e. The van der Waals surface area contributed by atoms with Crippen LogP contribution in [0.5, 0.6) is 0 Å². The average molecular weight is 267 g/mol. The summed E-state index contributed by atoms with van der Waals surface area (Å²) in [4.78, 5) is 11.5. The van der Waals surface area contributed by atoms with Crippen LogP contribution in [0.1, 0.15) is 19.1 Å². The van der Waals surface area contributed by atoms with Crippen molar-refractivity contribution in [1.29, 1.82) is 0 Å². The highest BCUT2D eigenvalue weighted by Crippen LogP contribution is 2.14. The van der Waals surface area contributed by atoms with Crippen LogP contribution < -0.4 is 10.9 Å². The minimum absolute atomic E-state index is 0.0171. The van der Waals surface area contributed by atoms with Crippen molar-refractivity contribution < 1.29 is 4.42 Å². The summed E-state index contributed by atoms with van der Waals surface area (Å²) in [6, 6.07) is 6.85. The minimum atomic E-state index is 0.0171. The van der Waals surface area contributed by atoms with Gasteiger partial charge < -0.3 is 14.3 Å². The lowest BCUT2D eigenvalue weighted by molar-refractivity contribution is 0.520. The van der Waals surface area contributed by atoms with Gasteiger partial charge in [0, 0.05) is 18.8 Å². The Bertz CT molecular complexity index is 574. The van der Waals surface area contributed by atoms with Crippen LogP contribution in [0.15, 0.2) is 39.7 Å². The Morgan fingerprint density at radius 3 is 2.83 bits per heavy atom. The lowest BCUT2D eigenvalue weighted by Gasteiger charge is -2.08. The summed E-state index contributed by atoms with van der Waals surface area (Å²) >= 11 is 5.69. The third-order valence-corrected chi connectivity index (χ3v) is 2.75. The standard InChI is InChI=1S/C13H15ClN2O2/c1-2-7-16-9-10(3-6-13(16)17)15-8-11-4-5-12(14)18-11/h3-6,9,15H,2,7-8H2,1H3. The fourth-order valence-electron chi connectivity index (χ4n) is 1.69. The Hall–Kier alpha value is -1.68. The summed E-state index contributed by atoms with van der Waals surface area (Å²) in [5.74, 6) is 0.758. The van der Waals surface area contributed by atoms with Crippen molar-refractivity contribution in [1.82, 2.24) is 4.57 Å². The predicted octanol–water partition coefficient (Wildman–Crippen LogP) is 3.12. The number of hydrogen-bond donors (Lipinski definition) is 1. The molecule has 0 fully saturated rings. The molecule has 0 spiro atoms. The molecule has 4 nitrogen and oxygen atoms in total. The molecule has 2 aromatic rings. The molecule has 2 rings (SSSR count). The summed E-state index contributed by atoms with van der Waals surface area (Å²) in [6.45, 7) is 3.30. The van der Waals surface area contributed by atoms with E-state index in [1.54, 1.807) is 22.8 Å². The molecule has 0 unspecified atom stereocenters. The highest BCUT2D eigenvalue weighted by atomic mass is 35.5. The van der Waals surface area contributed by atoms with Crippen molar-refractivity contribution in [2.45, 2.75) is 26.4 Å². The SMILES string of the molecule is CCCn1cc(NCc2ccc(Cl)o2)ccc1=O. The van der Waals surface area contributed by atoms with Gasteiger partial charge in [-0.2, -0.15) is 0 Å². The number of nitrogens with one attached hydrogen (secondary N) is 1. The lowest BCUT2D eigenvalue weighted by atomic mass is 10.3. The average Bonchev–Trinajstić information content (AvgIpc) is 2.76. The zero-order valence-electron chi connectivity index (χ0n) is 10.1. The fraction of sp³-hybridized carbons (Fsp3) is 0.308. The first-order valence-electron chi connectivity index (χ1n) is 5.87. The Morgan fingerprint density at radius 1 is 1.33 bits per heavy atom. The highest BCUT2D eigenvalue weighted by molar-refractivity contribution is 6.28. The third-order valence-electron chi connectivity index (χ3n) is 2.54. The van der Waals surface area contributed by atoms with Crippen LogP contribution in [0.25, 0.3) is 0 Å². The van der Waals surface area contributed by atoms with Crippen LogP contribution in [-0.2, 0) is 13.1 Å². The summed E-state index contributed by atoms with van der Waals surface area (Å²) in [7, 11) is 0. The second-order valence-electron chi connectivity index (χ2n) is 4.01. The van der Waals surface area contributed by atoms with E-state index in [4.69, 9.17) is 16.0 Å². The lowest BCUT2D eigenvalue weighted by Crippen LogP contribution is -2.18. The van der Waals surface area contributed by atoms with E-state index in [1.165, 1.54) is 0 Å². The molecule has 0 aliphatic rings. The molecule has 0 amide bonds. The van der Waals surface area contributed by atoms with Crippen molar-refractivity contribution in [2.24, 2.45) is 0 Å². The van der Waals surface area contributed by atoms with Crippen molar-refractivity contribution in [3.63, 3.8) is 0 Å². The van der Waals surface area contributed by atoms with Gasteiger partial charge in [-0.3, -0.25) is 4.79 Å². The third kappa shape index (κ3) is 3.17. The van der Waals surface area contributed by atoms with Gasteiger partial charge >= 0.3 is 0 Å². The Labute approximate surface area is 110 Å². The molecule has 18 heavy (non-hydrogen) atoms. The molecule has 2 heterocycles. The van der Waals surface area contributed by atoms with E-state index >= 15 is 0 Å². The molecule has 0 saturated heterocycles. The molecule has 0 atom stereocenters. The topological polar surface area (TPSA) is 47.2 Å². The van der Waals surface area contributed by atoms with Gasteiger partial charge in [0.05, 0.1) is 12.2 Å². The molecule has 0 bridgehead atoms. The minimum Gasteiger partial charge on any atom is -0.448 e. The van der Waals surface area contributed by atoms with Crippen LogP contribution in [0.2, 0.25) is 5.22 Å². The van der Waals surface area contributed by atoms with Gasteiger partial charge in [0.15, 0.2) is 5.22 Å². The number of aryl methyl sites for hydroxylation is 1. The van der Waals surface area contributed by atoms with Gasteiger partial charge in [-0.1, -0.05) is 6.92 Å². The summed E-state index contributed by atoms with van der Waals surface area (Å²) in [5.41, 5.74) is 0.902. The van der Waals surface area contributed by atoms with Gasteiger partial charge in [-0.15, -0.1) is 0 Å². The molecule has 0 aliphatic carbocycles. The van der Waals surface area contributed by atoms with Gasteiger partial charge in [-0.25, -0.2) is 0 Å². The van der Waals surface area contributed by atoms with E-state index in [2.05, 4.69) is 5.32 Å². The number of rotatable bonds is 5. The Balaban J connectivity index is 2.05. The molecule has 5 heteroatoms. The molecule has 0 aliphatic heterocycles. The first kappa shape index (κ1) is 12.8. The number of halogens is 1. The first-order valence-corrected chi connectivity index (χ1v) is 6.25. The summed E-state index contributed by atoms with van der Waals surface area (Å²) < 4.78 is 6.93. The smallest absolute Gasteiger partial charge is 0.250 e. The van der Waals surface area contributed by atoms with E-state index in [9.17, 15) is 4.79 Å². The molecule has 0 aromatic carbocycles. The quantitative estimate of drug-likeness (QED) is 0.904. The molecule has 1 N–H and O–H groups in total. The van der Waals surface area contributed by atoms with Gasteiger partial charge in [0.25, 0.3) is 5.56 Å².